The largest absolute Gasteiger partial charge is 0.480 e. The van der Waals surface area contributed by atoms with Crippen LogP contribution in [0.5, 0.6) is 0 Å². The van der Waals surface area contributed by atoms with Gasteiger partial charge in [-0.3, -0.25) is 24.0 Å². The van der Waals surface area contributed by atoms with Gasteiger partial charge in [-0.05, 0) is 37.2 Å². The zero-order valence-electron chi connectivity index (χ0n) is 19.7. The summed E-state index contributed by atoms with van der Waals surface area (Å²) in [5, 5.41) is 16.3. The zero-order valence-corrected chi connectivity index (χ0v) is 20.5. The van der Waals surface area contributed by atoms with Gasteiger partial charge in [0.1, 0.15) is 18.1 Å². The third kappa shape index (κ3) is 13.0. The van der Waals surface area contributed by atoms with E-state index < -0.39 is 66.1 Å². The van der Waals surface area contributed by atoms with Crippen molar-refractivity contribution in [1.82, 2.24) is 16.0 Å². The highest BCUT2D eigenvalue weighted by molar-refractivity contribution is 7.98. The molecule has 0 aromatic heterocycles. The molecule has 0 rings (SSSR count). The van der Waals surface area contributed by atoms with Gasteiger partial charge in [-0.1, -0.05) is 13.8 Å². The molecular formula is C20H36N6O7S. The molecule has 0 bridgehead atoms. The number of carbonyl (C=O) groups is 6. The third-order valence-corrected chi connectivity index (χ3v) is 5.28. The molecule has 0 radical (unpaired) electrons. The van der Waals surface area contributed by atoms with E-state index in [0.29, 0.717) is 12.2 Å². The first-order chi connectivity index (χ1) is 15.8. The van der Waals surface area contributed by atoms with Gasteiger partial charge in [0.15, 0.2) is 0 Å². The second kappa shape index (κ2) is 15.9. The van der Waals surface area contributed by atoms with Crippen LogP contribution in [-0.2, 0) is 28.8 Å². The van der Waals surface area contributed by atoms with Crippen LogP contribution in [0, 0.1) is 5.92 Å². The smallest absolute Gasteiger partial charge is 0.326 e. The number of nitrogens with two attached hydrogens (primary N) is 3. The Morgan fingerprint density at radius 1 is 0.824 bits per heavy atom. The Morgan fingerprint density at radius 3 is 1.82 bits per heavy atom. The number of hydrogen-bond acceptors (Lipinski definition) is 8. The molecule has 0 heterocycles. The lowest BCUT2D eigenvalue weighted by molar-refractivity contribution is -0.142. The first-order valence-corrected chi connectivity index (χ1v) is 12.1. The molecule has 0 aromatic carbocycles. The second-order valence-electron chi connectivity index (χ2n) is 8.21. The van der Waals surface area contributed by atoms with Gasteiger partial charge in [-0.25, -0.2) is 4.79 Å². The van der Waals surface area contributed by atoms with Crippen molar-refractivity contribution in [3.8, 4) is 0 Å². The number of primary amides is 2. The van der Waals surface area contributed by atoms with Gasteiger partial charge in [-0.2, -0.15) is 11.8 Å². The van der Waals surface area contributed by atoms with Gasteiger partial charge in [-0.15, -0.1) is 0 Å². The lowest BCUT2D eigenvalue weighted by Gasteiger charge is -2.25. The molecule has 5 amide bonds. The first-order valence-electron chi connectivity index (χ1n) is 10.7. The Hall–Kier alpha value is -2.87. The van der Waals surface area contributed by atoms with E-state index in [1.54, 1.807) is 6.26 Å². The van der Waals surface area contributed by atoms with Crippen molar-refractivity contribution in [2.24, 2.45) is 23.1 Å². The molecule has 0 fully saturated rings. The molecule has 0 aromatic rings. The SMILES string of the molecule is CSCCC(NC(=O)C(CC(N)=O)NC(=O)C(CCC(N)=O)NC(=O)C(N)CC(C)C)C(=O)O. The second-order valence-corrected chi connectivity index (χ2v) is 9.20. The molecule has 0 aliphatic heterocycles. The predicted octanol–water partition coefficient (Wildman–Crippen LogP) is -2.21. The summed E-state index contributed by atoms with van der Waals surface area (Å²) in [5.74, 6) is -4.83. The summed E-state index contributed by atoms with van der Waals surface area (Å²) in [5.41, 5.74) is 16.2. The average Bonchev–Trinajstić information content (AvgIpc) is 2.71. The summed E-state index contributed by atoms with van der Waals surface area (Å²) < 4.78 is 0. The van der Waals surface area contributed by atoms with E-state index >= 15 is 0 Å². The van der Waals surface area contributed by atoms with Gasteiger partial charge >= 0.3 is 5.97 Å². The van der Waals surface area contributed by atoms with Crippen LogP contribution in [0.4, 0.5) is 0 Å². The number of carboxylic acids is 1. The minimum atomic E-state index is -1.50. The molecule has 4 atom stereocenters. The van der Waals surface area contributed by atoms with Gasteiger partial charge in [0.25, 0.3) is 0 Å². The van der Waals surface area contributed by atoms with E-state index in [0.717, 1.165) is 0 Å². The summed E-state index contributed by atoms with van der Waals surface area (Å²) >= 11 is 1.38. The number of carbonyl (C=O) groups excluding carboxylic acids is 5. The number of hydrogen-bond donors (Lipinski definition) is 7. The minimum Gasteiger partial charge on any atom is -0.480 e. The van der Waals surface area contributed by atoms with Crippen molar-refractivity contribution >= 4 is 47.3 Å². The molecule has 0 saturated carbocycles. The molecule has 0 aliphatic rings. The summed E-state index contributed by atoms with van der Waals surface area (Å²) in [6.07, 6.45) is 1.18. The number of nitrogens with one attached hydrogen (secondary N) is 3. The van der Waals surface area contributed by atoms with E-state index in [1.807, 2.05) is 13.8 Å². The van der Waals surface area contributed by atoms with Crippen molar-refractivity contribution in [1.29, 1.82) is 0 Å². The molecule has 4 unspecified atom stereocenters. The fourth-order valence-corrected chi connectivity index (χ4v) is 3.37. The lowest BCUT2D eigenvalue weighted by atomic mass is 10.0. The number of rotatable bonds is 17. The fraction of sp³-hybridized carbons (Fsp3) is 0.700. The van der Waals surface area contributed by atoms with Crippen LogP contribution in [-0.4, -0.2) is 76.8 Å². The van der Waals surface area contributed by atoms with Crippen LogP contribution >= 0.6 is 11.8 Å². The Bertz CT molecular complexity index is 749. The summed E-state index contributed by atoms with van der Waals surface area (Å²) in [7, 11) is 0. The monoisotopic (exact) mass is 504 g/mol. The lowest BCUT2D eigenvalue weighted by Crippen LogP contribution is -2.58. The number of aliphatic carboxylic acids is 1. The van der Waals surface area contributed by atoms with E-state index in [9.17, 15) is 33.9 Å². The van der Waals surface area contributed by atoms with Crippen LogP contribution in [0.15, 0.2) is 0 Å². The highest BCUT2D eigenvalue weighted by Gasteiger charge is 2.31. The molecule has 0 aliphatic carbocycles. The molecule has 13 nitrogen and oxygen atoms in total. The average molecular weight is 505 g/mol. The Kier molecular flexibility index (Phi) is 14.5. The van der Waals surface area contributed by atoms with Gasteiger partial charge in [0.2, 0.25) is 29.5 Å². The van der Waals surface area contributed by atoms with Crippen LogP contribution in [0.1, 0.15) is 46.0 Å². The quantitative estimate of drug-likeness (QED) is 0.113. The maximum atomic E-state index is 12.9. The highest BCUT2D eigenvalue weighted by Crippen LogP contribution is 2.06. The van der Waals surface area contributed by atoms with Crippen molar-refractivity contribution in [2.75, 3.05) is 12.0 Å². The molecule has 10 N–H and O–H groups in total. The molecule has 14 heteroatoms. The summed E-state index contributed by atoms with van der Waals surface area (Å²) in [6.45, 7) is 3.72. The van der Waals surface area contributed by atoms with Crippen molar-refractivity contribution < 1.29 is 33.9 Å². The van der Waals surface area contributed by atoms with Crippen molar-refractivity contribution in [3.05, 3.63) is 0 Å². The number of amides is 5. The summed E-state index contributed by atoms with van der Waals surface area (Å²) in [6, 6.07) is -4.94. The molecule has 194 valence electrons. The molecule has 0 saturated heterocycles. The Labute approximate surface area is 202 Å². The third-order valence-electron chi connectivity index (χ3n) is 4.64. The standard InChI is InChI=1S/C20H36N6O7S/c1-10(2)8-11(21)17(29)24-12(4-5-15(22)27)18(30)26-14(9-16(23)28)19(31)25-13(20(32)33)6-7-34-3/h10-14H,4-9,21H2,1-3H3,(H2,22,27)(H2,23,28)(H,24,29)(H,25,31)(H,26,30)(H,32,33). The first kappa shape index (κ1) is 31.1. The minimum absolute atomic E-state index is 0.107. The highest BCUT2D eigenvalue weighted by atomic mass is 32.2. The predicted molar refractivity (Wildman–Crippen MR) is 126 cm³/mol. The van der Waals surface area contributed by atoms with E-state index in [-0.39, 0.29) is 25.2 Å². The van der Waals surface area contributed by atoms with Crippen LogP contribution in [0.3, 0.4) is 0 Å². The maximum absolute atomic E-state index is 12.9. The number of thioether (sulfide) groups is 1. The fourth-order valence-electron chi connectivity index (χ4n) is 2.90. The zero-order chi connectivity index (χ0) is 26.4. The summed E-state index contributed by atoms with van der Waals surface area (Å²) in [4.78, 5) is 72.0. The van der Waals surface area contributed by atoms with E-state index in [2.05, 4.69) is 16.0 Å². The normalized spacial score (nSPS) is 14.4. The van der Waals surface area contributed by atoms with Gasteiger partial charge < -0.3 is 38.3 Å². The van der Waals surface area contributed by atoms with E-state index in [4.69, 9.17) is 17.2 Å². The van der Waals surface area contributed by atoms with Gasteiger partial charge in [0.05, 0.1) is 12.5 Å². The van der Waals surface area contributed by atoms with Crippen molar-refractivity contribution in [2.45, 2.75) is 70.1 Å². The van der Waals surface area contributed by atoms with E-state index in [1.165, 1.54) is 11.8 Å². The Morgan fingerprint density at radius 2 is 1.35 bits per heavy atom. The topological polar surface area (TPSA) is 237 Å². The maximum Gasteiger partial charge on any atom is 0.326 e. The molecule has 34 heavy (non-hydrogen) atoms. The van der Waals surface area contributed by atoms with Crippen molar-refractivity contribution in [3.63, 3.8) is 0 Å². The van der Waals surface area contributed by atoms with Crippen LogP contribution in [0.2, 0.25) is 0 Å². The molecular weight excluding hydrogens is 468 g/mol. The number of carboxylic acid groups (broad SMARTS) is 1. The van der Waals surface area contributed by atoms with Gasteiger partial charge in [0, 0.05) is 6.42 Å². The Balaban J connectivity index is 5.54. The molecule has 0 spiro atoms. The van der Waals surface area contributed by atoms with Crippen LogP contribution in [0.25, 0.3) is 0 Å². The van der Waals surface area contributed by atoms with Crippen LogP contribution < -0.4 is 33.2 Å².